The van der Waals surface area contributed by atoms with Crippen LogP contribution in [0.15, 0.2) is 60.7 Å². The van der Waals surface area contributed by atoms with Gasteiger partial charge in [0.1, 0.15) is 6.10 Å². The summed E-state index contributed by atoms with van der Waals surface area (Å²) in [5.41, 5.74) is 1.13. The summed E-state index contributed by atoms with van der Waals surface area (Å²) in [5.74, 6) is -0.0394. The van der Waals surface area contributed by atoms with E-state index >= 15 is 0 Å². The van der Waals surface area contributed by atoms with Crippen LogP contribution in [0.2, 0.25) is 0 Å². The molecule has 0 aliphatic rings. The van der Waals surface area contributed by atoms with E-state index in [-0.39, 0.29) is 30.1 Å². The summed E-state index contributed by atoms with van der Waals surface area (Å²) < 4.78 is 11.1. The van der Waals surface area contributed by atoms with E-state index in [9.17, 15) is 9.59 Å². The van der Waals surface area contributed by atoms with Crippen molar-refractivity contribution < 1.29 is 19.1 Å². The molecule has 0 heterocycles. The number of rotatable bonds is 9. The van der Waals surface area contributed by atoms with Crippen molar-refractivity contribution in [3.63, 3.8) is 0 Å². The maximum atomic E-state index is 12.2. The summed E-state index contributed by atoms with van der Waals surface area (Å²) in [6.07, 6.45) is 1.30. The Hall–Kier alpha value is -2.62. The summed E-state index contributed by atoms with van der Waals surface area (Å²) in [4.78, 5) is 24.3. The second-order valence-corrected chi connectivity index (χ2v) is 7.61. The average Bonchev–Trinajstić information content (AvgIpc) is 2.68. The highest BCUT2D eigenvalue weighted by Crippen LogP contribution is 2.23. The molecule has 0 aliphatic heterocycles. The monoisotopic (exact) mass is 382 g/mol. The van der Waals surface area contributed by atoms with Gasteiger partial charge in [-0.15, -0.1) is 0 Å². The van der Waals surface area contributed by atoms with E-state index in [0.717, 1.165) is 12.8 Å². The third kappa shape index (κ3) is 6.84. The van der Waals surface area contributed by atoms with Crippen molar-refractivity contribution >= 4 is 11.9 Å². The zero-order valence-corrected chi connectivity index (χ0v) is 17.1. The molecule has 2 rings (SSSR count). The van der Waals surface area contributed by atoms with Crippen LogP contribution in [0.4, 0.5) is 0 Å². The summed E-state index contributed by atoms with van der Waals surface area (Å²) in [6, 6.07) is 18.1. The Morgan fingerprint density at radius 2 is 1.18 bits per heavy atom. The van der Waals surface area contributed by atoms with Gasteiger partial charge in [-0.3, -0.25) is 0 Å². The van der Waals surface area contributed by atoms with Gasteiger partial charge < -0.3 is 9.47 Å². The second-order valence-electron chi connectivity index (χ2n) is 7.61. The van der Waals surface area contributed by atoms with Crippen molar-refractivity contribution in [3.05, 3.63) is 71.8 Å². The zero-order chi connectivity index (χ0) is 20.5. The molecule has 0 saturated heterocycles. The largest absolute Gasteiger partial charge is 0.459 e. The van der Waals surface area contributed by atoms with Crippen LogP contribution in [-0.2, 0) is 9.47 Å². The minimum Gasteiger partial charge on any atom is -0.459 e. The number of benzene rings is 2. The predicted octanol–water partition coefficient (Wildman–Crippen LogP) is 5.53. The Morgan fingerprint density at radius 3 is 1.68 bits per heavy atom. The SMILES string of the molecule is CC(CC(C)OC(=O)c1ccccc1)CC(C)C(C)OC(=O)c1ccccc1. The third-order valence-electron chi connectivity index (χ3n) is 4.93. The minimum absolute atomic E-state index is 0.169. The van der Waals surface area contributed by atoms with Gasteiger partial charge in [-0.1, -0.05) is 50.2 Å². The van der Waals surface area contributed by atoms with E-state index in [0.29, 0.717) is 17.0 Å². The normalized spacial score (nSPS) is 15.1. The highest BCUT2D eigenvalue weighted by Gasteiger charge is 2.22. The molecule has 0 aromatic heterocycles. The highest BCUT2D eigenvalue weighted by atomic mass is 16.5. The van der Waals surface area contributed by atoms with Gasteiger partial charge in [-0.25, -0.2) is 9.59 Å². The Morgan fingerprint density at radius 1 is 0.714 bits per heavy atom. The minimum atomic E-state index is -0.294. The molecule has 2 aromatic carbocycles. The van der Waals surface area contributed by atoms with Crippen LogP contribution >= 0.6 is 0 Å². The molecule has 0 radical (unpaired) electrons. The molecule has 4 heteroatoms. The van der Waals surface area contributed by atoms with Crippen LogP contribution in [0.3, 0.4) is 0 Å². The Bertz CT molecular complexity index is 742. The van der Waals surface area contributed by atoms with Crippen LogP contribution in [0.1, 0.15) is 61.3 Å². The van der Waals surface area contributed by atoms with Crippen molar-refractivity contribution in [2.45, 2.75) is 52.7 Å². The van der Waals surface area contributed by atoms with Crippen LogP contribution in [0.5, 0.6) is 0 Å². The lowest BCUT2D eigenvalue weighted by molar-refractivity contribution is 0.0145. The first-order valence-electron chi connectivity index (χ1n) is 9.88. The molecular formula is C24H30O4. The molecule has 4 nitrogen and oxygen atoms in total. The smallest absolute Gasteiger partial charge is 0.338 e. The zero-order valence-electron chi connectivity index (χ0n) is 17.1. The lowest BCUT2D eigenvalue weighted by Crippen LogP contribution is -2.25. The topological polar surface area (TPSA) is 52.6 Å². The van der Waals surface area contributed by atoms with E-state index in [2.05, 4.69) is 13.8 Å². The average molecular weight is 383 g/mol. The highest BCUT2D eigenvalue weighted by molar-refractivity contribution is 5.89. The van der Waals surface area contributed by atoms with Crippen molar-refractivity contribution in [3.8, 4) is 0 Å². The first-order chi connectivity index (χ1) is 13.4. The number of esters is 2. The van der Waals surface area contributed by atoms with Crippen molar-refractivity contribution in [2.24, 2.45) is 11.8 Å². The molecule has 0 N–H and O–H groups in total. The molecular weight excluding hydrogens is 352 g/mol. The number of hydrogen-bond acceptors (Lipinski definition) is 4. The molecule has 0 bridgehead atoms. The first-order valence-corrected chi connectivity index (χ1v) is 9.88. The van der Waals surface area contributed by atoms with Gasteiger partial charge in [-0.2, -0.15) is 0 Å². The number of hydrogen-bond donors (Lipinski definition) is 0. The van der Waals surface area contributed by atoms with Crippen molar-refractivity contribution in [2.75, 3.05) is 0 Å². The van der Waals surface area contributed by atoms with E-state index in [1.54, 1.807) is 24.3 Å². The number of ether oxygens (including phenoxy) is 2. The van der Waals surface area contributed by atoms with E-state index in [1.165, 1.54) is 0 Å². The fraction of sp³-hybridized carbons (Fsp3) is 0.417. The standard InChI is InChI=1S/C24H30O4/c1-17(16-19(3)27-23(25)21-11-7-5-8-12-21)15-18(2)20(4)28-24(26)22-13-9-6-10-14-22/h5-14,17-20H,15-16H2,1-4H3. The van der Waals surface area contributed by atoms with Gasteiger partial charge in [0, 0.05) is 0 Å². The predicted molar refractivity (Wildman–Crippen MR) is 110 cm³/mol. The summed E-state index contributed by atoms with van der Waals surface area (Å²) >= 11 is 0. The molecule has 0 saturated carbocycles. The fourth-order valence-corrected chi connectivity index (χ4v) is 3.29. The lowest BCUT2D eigenvalue weighted by Gasteiger charge is -2.25. The van der Waals surface area contributed by atoms with Crippen LogP contribution in [0.25, 0.3) is 0 Å². The summed E-state index contributed by atoms with van der Waals surface area (Å²) in [7, 11) is 0. The number of carbonyl (C=O) groups excluding carboxylic acids is 2. The molecule has 0 fully saturated rings. The molecule has 2 aromatic rings. The van der Waals surface area contributed by atoms with Crippen molar-refractivity contribution in [1.82, 2.24) is 0 Å². The van der Waals surface area contributed by atoms with Gasteiger partial charge in [0.05, 0.1) is 17.2 Å². The molecule has 4 unspecified atom stereocenters. The van der Waals surface area contributed by atoms with Crippen LogP contribution in [0, 0.1) is 11.8 Å². The fourth-order valence-electron chi connectivity index (χ4n) is 3.29. The van der Waals surface area contributed by atoms with Gasteiger partial charge in [0.25, 0.3) is 0 Å². The molecule has 0 aliphatic carbocycles. The maximum absolute atomic E-state index is 12.2. The first kappa shape index (κ1) is 21.7. The second kappa shape index (κ2) is 10.6. The third-order valence-corrected chi connectivity index (χ3v) is 4.93. The quantitative estimate of drug-likeness (QED) is 0.535. The molecule has 4 atom stereocenters. The Kier molecular flexibility index (Phi) is 8.24. The van der Waals surface area contributed by atoms with Gasteiger partial charge >= 0.3 is 11.9 Å². The Balaban J connectivity index is 1.77. The Labute approximate surface area is 167 Å². The van der Waals surface area contributed by atoms with Crippen LogP contribution in [-0.4, -0.2) is 24.1 Å². The van der Waals surface area contributed by atoms with E-state index in [1.807, 2.05) is 50.2 Å². The van der Waals surface area contributed by atoms with Crippen molar-refractivity contribution in [1.29, 1.82) is 0 Å². The summed E-state index contributed by atoms with van der Waals surface area (Å²) in [6.45, 7) is 8.06. The molecule has 0 spiro atoms. The molecule has 150 valence electrons. The molecule has 28 heavy (non-hydrogen) atoms. The van der Waals surface area contributed by atoms with Crippen LogP contribution < -0.4 is 0 Å². The van der Waals surface area contributed by atoms with Gasteiger partial charge in [-0.05, 0) is 62.8 Å². The maximum Gasteiger partial charge on any atom is 0.338 e. The van der Waals surface area contributed by atoms with Gasteiger partial charge in [0.15, 0.2) is 0 Å². The molecule has 0 amide bonds. The van der Waals surface area contributed by atoms with E-state index < -0.39 is 0 Å². The van der Waals surface area contributed by atoms with Gasteiger partial charge in [0.2, 0.25) is 0 Å². The number of carbonyl (C=O) groups is 2. The summed E-state index contributed by atoms with van der Waals surface area (Å²) in [5, 5.41) is 0. The lowest BCUT2D eigenvalue weighted by atomic mass is 9.90. The van der Waals surface area contributed by atoms with E-state index in [4.69, 9.17) is 9.47 Å².